The molecule has 0 aliphatic carbocycles. The highest BCUT2D eigenvalue weighted by Crippen LogP contribution is 2.36. The fourth-order valence-corrected chi connectivity index (χ4v) is 6.75. The summed E-state index contributed by atoms with van der Waals surface area (Å²) in [5, 5.41) is 0. The zero-order chi connectivity index (χ0) is 14.9. The van der Waals surface area contributed by atoms with Crippen molar-refractivity contribution in [3.63, 3.8) is 0 Å². The Morgan fingerprint density at radius 3 is 2.50 bits per heavy atom. The second-order valence-corrected chi connectivity index (χ2v) is 10.1. The molecule has 0 spiro atoms. The first-order valence-electron chi connectivity index (χ1n) is 6.70. The third-order valence-corrected chi connectivity index (χ3v) is 8.49. The Morgan fingerprint density at radius 1 is 1.45 bits per heavy atom. The molecule has 1 aliphatic rings. The van der Waals surface area contributed by atoms with E-state index in [0.29, 0.717) is 39.5 Å². The van der Waals surface area contributed by atoms with Gasteiger partial charge in [0.1, 0.15) is 4.90 Å². The SMILES string of the molecule is CC(C)C1CCN(S(=O)(=O)c2cc(CCl)sc2Br)CC1. The minimum absolute atomic E-state index is 0.341. The van der Waals surface area contributed by atoms with Crippen molar-refractivity contribution in [2.24, 2.45) is 11.8 Å². The van der Waals surface area contributed by atoms with E-state index in [1.54, 1.807) is 10.4 Å². The summed E-state index contributed by atoms with van der Waals surface area (Å²) in [6.07, 6.45) is 1.89. The molecule has 2 heterocycles. The molecule has 7 heteroatoms. The Hall–Kier alpha value is 0.380. The van der Waals surface area contributed by atoms with E-state index in [1.165, 1.54) is 11.3 Å². The van der Waals surface area contributed by atoms with Gasteiger partial charge in [0.15, 0.2) is 0 Å². The molecule has 2 rings (SSSR count). The maximum atomic E-state index is 12.7. The molecular weight excluding hydrogens is 382 g/mol. The van der Waals surface area contributed by atoms with Crippen molar-refractivity contribution in [2.75, 3.05) is 13.1 Å². The van der Waals surface area contributed by atoms with Crippen molar-refractivity contribution in [2.45, 2.75) is 37.5 Å². The van der Waals surface area contributed by atoms with Crippen molar-refractivity contribution in [3.05, 3.63) is 14.7 Å². The molecular formula is C13H19BrClNO2S2. The number of rotatable bonds is 4. The van der Waals surface area contributed by atoms with Crippen LogP contribution in [0.15, 0.2) is 14.7 Å². The van der Waals surface area contributed by atoms with Crippen LogP contribution in [0.5, 0.6) is 0 Å². The zero-order valence-electron chi connectivity index (χ0n) is 11.6. The van der Waals surface area contributed by atoms with Gasteiger partial charge in [-0.3, -0.25) is 0 Å². The summed E-state index contributed by atoms with van der Waals surface area (Å²) >= 11 is 10.5. The Balaban J connectivity index is 2.17. The van der Waals surface area contributed by atoms with Crippen LogP contribution in [-0.2, 0) is 15.9 Å². The van der Waals surface area contributed by atoms with E-state index in [1.807, 2.05) is 0 Å². The van der Waals surface area contributed by atoms with Gasteiger partial charge in [-0.25, -0.2) is 8.42 Å². The van der Waals surface area contributed by atoms with Gasteiger partial charge in [-0.15, -0.1) is 22.9 Å². The number of alkyl halides is 1. The van der Waals surface area contributed by atoms with Crippen LogP contribution in [0, 0.1) is 11.8 Å². The summed E-state index contributed by atoms with van der Waals surface area (Å²) in [4.78, 5) is 1.23. The highest BCUT2D eigenvalue weighted by molar-refractivity contribution is 9.11. The molecule has 0 atom stereocenters. The molecule has 0 unspecified atom stereocenters. The van der Waals surface area contributed by atoms with Crippen LogP contribution in [0.2, 0.25) is 0 Å². The van der Waals surface area contributed by atoms with Crippen LogP contribution >= 0.6 is 38.9 Å². The molecule has 1 aliphatic heterocycles. The van der Waals surface area contributed by atoms with Gasteiger partial charge >= 0.3 is 0 Å². The minimum atomic E-state index is -3.39. The quantitative estimate of drug-likeness (QED) is 0.706. The molecule has 3 nitrogen and oxygen atoms in total. The van der Waals surface area contributed by atoms with E-state index in [4.69, 9.17) is 11.6 Å². The van der Waals surface area contributed by atoms with Gasteiger partial charge in [0.05, 0.1) is 9.67 Å². The van der Waals surface area contributed by atoms with Crippen LogP contribution in [0.1, 0.15) is 31.6 Å². The topological polar surface area (TPSA) is 37.4 Å². The van der Waals surface area contributed by atoms with E-state index in [9.17, 15) is 8.42 Å². The third kappa shape index (κ3) is 3.40. The molecule has 0 bridgehead atoms. The van der Waals surface area contributed by atoms with Gasteiger partial charge in [0.25, 0.3) is 0 Å². The monoisotopic (exact) mass is 399 g/mol. The van der Waals surface area contributed by atoms with Crippen molar-refractivity contribution in [1.29, 1.82) is 0 Å². The van der Waals surface area contributed by atoms with Gasteiger partial charge in [0, 0.05) is 18.0 Å². The molecule has 0 amide bonds. The summed E-state index contributed by atoms with van der Waals surface area (Å²) in [5.74, 6) is 1.59. The Morgan fingerprint density at radius 2 is 2.05 bits per heavy atom. The predicted octanol–water partition coefficient (Wildman–Crippen LogP) is 4.31. The number of piperidine rings is 1. The van der Waals surface area contributed by atoms with Gasteiger partial charge in [0.2, 0.25) is 10.0 Å². The molecule has 0 saturated carbocycles. The minimum Gasteiger partial charge on any atom is -0.207 e. The van der Waals surface area contributed by atoms with Gasteiger partial charge < -0.3 is 0 Å². The first-order chi connectivity index (χ1) is 9.36. The molecule has 114 valence electrons. The molecule has 0 N–H and O–H groups in total. The van der Waals surface area contributed by atoms with E-state index >= 15 is 0 Å². The maximum absolute atomic E-state index is 12.7. The summed E-state index contributed by atoms with van der Waals surface area (Å²) in [7, 11) is -3.39. The smallest absolute Gasteiger partial charge is 0.207 e. The van der Waals surface area contributed by atoms with Crippen LogP contribution in [0.25, 0.3) is 0 Å². The second-order valence-electron chi connectivity index (χ2n) is 5.47. The number of hydrogen-bond donors (Lipinski definition) is 0. The summed E-state index contributed by atoms with van der Waals surface area (Å²) in [6, 6.07) is 1.69. The number of sulfonamides is 1. The first kappa shape index (κ1) is 16.7. The van der Waals surface area contributed by atoms with Crippen LogP contribution in [-0.4, -0.2) is 25.8 Å². The Labute approximate surface area is 138 Å². The molecule has 1 aromatic heterocycles. The normalized spacial score (nSPS) is 18.9. The number of nitrogens with zero attached hydrogens (tertiary/aromatic N) is 1. The van der Waals surface area contributed by atoms with E-state index < -0.39 is 10.0 Å². The average Bonchev–Trinajstić information content (AvgIpc) is 2.81. The van der Waals surface area contributed by atoms with Crippen LogP contribution < -0.4 is 0 Å². The molecule has 0 radical (unpaired) electrons. The molecule has 0 aromatic carbocycles. The lowest BCUT2D eigenvalue weighted by atomic mass is 9.87. The van der Waals surface area contributed by atoms with Crippen molar-refractivity contribution in [1.82, 2.24) is 4.31 Å². The van der Waals surface area contributed by atoms with Gasteiger partial charge in [-0.05, 0) is 46.7 Å². The summed E-state index contributed by atoms with van der Waals surface area (Å²) in [5.41, 5.74) is 0. The average molecular weight is 401 g/mol. The van der Waals surface area contributed by atoms with Gasteiger partial charge in [-0.1, -0.05) is 13.8 Å². The van der Waals surface area contributed by atoms with Crippen LogP contribution in [0.4, 0.5) is 0 Å². The lowest BCUT2D eigenvalue weighted by molar-refractivity contribution is 0.226. The van der Waals surface area contributed by atoms with E-state index in [2.05, 4.69) is 29.8 Å². The second kappa shape index (κ2) is 6.65. The van der Waals surface area contributed by atoms with Crippen LogP contribution in [0.3, 0.4) is 0 Å². The summed E-state index contributed by atoms with van der Waals surface area (Å²) < 4.78 is 27.6. The molecule has 1 fully saturated rings. The molecule has 20 heavy (non-hydrogen) atoms. The third-order valence-electron chi connectivity index (χ3n) is 3.90. The number of thiophene rings is 1. The predicted molar refractivity (Wildman–Crippen MR) is 87.9 cm³/mol. The fraction of sp³-hybridized carbons (Fsp3) is 0.692. The number of hydrogen-bond acceptors (Lipinski definition) is 3. The zero-order valence-corrected chi connectivity index (χ0v) is 15.6. The highest BCUT2D eigenvalue weighted by atomic mass is 79.9. The van der Waals surface area contributed by atoms with Gasteiger partial charge in [-0.2, -0.15) is 4.31 Å². The standard InChI is InChI=1S/C13H19BrClNO2S2/c1-9(2)10-3-5-16(6-4-10)20(17,18)12-7-11(8-15)19-13(12)14/h7,9-10H,3-6,8H2,1-2H3. The summed E-state index contributed by atoms with van der Waals surface area (Å²) in [6.45, 7) is 5.64. The number of halogens is 2. The lowest BCUT2D eigenvalue weighted by Gasteiger charge is -2.32. The highest BCUT2D eigenvalue weighted by Gasteiger charge is 2.32. The first-order valence-corrected chi connectivity index (χ1v) is 10.3. The molecule has 1 aromatic rings. The Kier molecular flexibility index (Phi) is 5.57. The van der Waals surface area contributed by atoms with E-state index in [-0.39, 0.29) is 0 Å². The van der Waals surface area contributed by atoms with Crippen molar-refractivity contribution in [3.8, 4) is 0 Å². The van der Waals surface area contributed by atoms with Crippen molar-refractivity contribution >= 4 is 48.9 Å². The van der Waals surface area contributed by atoms with E-state index in [0.717, 1.165) is 17.7 Å². The maximum Gasteiger partial charge on any atom is 0.245 e. The largest absolute Gasteiger partial charge is 0.245 e. The fourth-order valence-electron chi connectivity index (χ4n) is 2.56. The lowest BCUT2D eigenvalue weighted by Crippen LogP contribution is -2.39. The molecule has 1 saturated heterocycles. The Bertz CT molecular complexity index is 563. The van der Waals surface area contributed by atoms with Crippen molar-refractivity contribution < 1.29 is 8.42 Å².